The third-order valence-electron chi connectivity index (χ3n) is 3.80. The number of amides is 2. The van der Waals surface area contributed by atoms with Gasteiger partial charge in [-0.1, -0.05) is 19.8 Å². The van der Waals surface area contributed by atoms with Gasteiger partial charge >= 0.3 is 6.03 Å². The predicted molar refractivity (Wildman–Crippen MR) is 84.1 cm³/mol. The van der Waals surface area contributed by atoms with Crippen LogP contribution in [0.15, 0.2) is 0 Å². The topological polar surface area (TPSA) is 38.8 Å². The van der Waals surface area contributed by atoms with E-state index in [9.17, 15) is 4.79 Å². The van der Waals surface area contributed by atoms with Gasteiger partial charge in [0.2, 0.25) is 0 Å². The Morgan fingerprint density at radius 1 is 1.10 bits per heavy atom. The third kappa shape index (κ3) is 7.10. The van der Waals surface area contributed by atoms with Crippen LogP contribution in [0.5, 0.6) is 0 Å². The molecule has 5 nitrogen and oxygen atoms in total. The molecule has 0 aromatic heterocycles. The van der Waals surface area contributed by atoms with Gasteiger partial charge in [-0.05, 0) is 40.0 Å². The SMILES string of the molecule is CCCCCNC(=O)N1CCN(CCCN(C)C)CC1. The van der Waals surface area contributed by atoms with E-state index in [4.69, 9.17) is 0 Å². The largest absolute Gasteiger partial charge is 0.338 e. The standard InChI is InChI=1S/C15H32N4O/c1-4-5-6-8-16-15(20)19-13-11-18(12-14-19)10-7-9-17(2)3/h4-14H2,1-3H3,(H,16,20). The average Bonchev–Trinajstić information content (AvgIpc) is 2.44. The van der Waals surface area contributed by atoms with Crippen LogP contribution < -0.4 is 5.32 Å². The summed E-state index contributed by atoms with van der Waals surface area (Å²) in [6, 6.07) is 0.119. The van der Waals surface area contributed by atoms with Gasteiger partial charge < -0.3 is 15.1 Å². The van der Waals surface area contributed by atoms with E-state index in [0.717, 1.165) is 52.2 Å². The van der Waals surface area contributed by atoms with Crippen molar-refractivity contribution >= 4 is 6.03 Å². The molecule has 1 N–H and O–H groups in total. The Balaban J connectivity index is 2.10. The molecule has 2 amide bonds. The summed E-state index contributed by atoms with van der Waals surface area (Å²) in [4.78, 5) is 18.6. The van der Waals surface area contributed by atoms with Crippen LogP contribution >= 0.6 is 0 Å². The first-order chi connectivity index (χ1) is 9.63. The fourth-order valence-electron chi connectivity index (χ4n) is 2.47. The van der Waals surface area contributed by atoms with Gasteiger partial charge in [0, 0.05) is 32.7 Å². The van der Waals surface area contributed by atoms with Gasteiger partial charge in [0.25, 0.3) is 0 Å². The molecule has 0 aliphatic carbocycles. The first-order valence-electron chi connectivity index (χ1n) is 8.03. The molecule has 0 radical (unpaired) electrons. The highest BCUT2D eigenvalue weighted by Gasteiger charge is 2.20. The Hall–Kier alpha value is -0.810. The van der Waals surface area contributed by atoms with Crippen LogP contribution in [0.25, 0.3) is 0 Å². The molecule has 1 heterocycles. The number of hydrogen-bond acceptors (Lipinski definition) is 3. The summed E-state index contributed by atoms with van der Waals surface area (Å²) in [6.07, 6.45) is 4.68. The second-order valence-corrected chi connectivity index (χ2v) is 5.92. The number of rotatable bonds is 8. The molecule has 1 aliphatic rings. The van der Waals surface area contributed by atoms with Crippen molar-refractivity contribution in [3.05, 3.63) is 0 Å². The quantitative estimate of drug-likeness (QED) is 0.686. The lowest BCUT2D eigenvalue weighted by Gasteiger charge is -2.34. The smallest absolute Gasteiger partial charge is 0.317 e. The summed E-state index contributed by atoms with van der Waals surface area (Å²) >= 11 is 0. The minimum atomic E-state index is 0.119. The molecular formula is C15H32N4O. The van der Waals surface area contributed by atoms with Crippen molar-refractivity contribution in [3.63, 3.8) is 0 Å². The van der Waals surface area contributed by atoms with E-state index in [0.29, 0.717) is 0 Å². The van der Waals surface area contributed by atoms with E-state index >= 15 is 0 Å². The molecule has 1 fully saturated rings. The molecule has 1 saturated heterocycles. The Bertz CT molecular complexity index is 263. The van der Waals surface area contributed by atoms with Crippen LogP contribution in [-0.4, -0.2) is 80.6 Å². The molecule has 0 unspecified atom stereocenters. The zero-order valence-corrected chi connectivity index (χ0v) is 13.5. The van der Waals surface area contributed by atoms with E-state index in [1.54, 1.807) is 0 Å². The van der Waals surface area contributed by atoms with E-state index < -0.39 is 0 Å². The minimum Gasteiger partial charge on any atom is -0.338 e. The Morgan fingerprint density at radius 3 is 2.40 bits per heavy atom. The van der Waals surface area contributed by atoms with E-state index in [-0.39, 0.29) is 6.03 Å². The highest BCUT2D eigenvalue weighted by molar-refractivity contribution is 5.74. The van der Waals surface area contributed by atoms with Crippen molar-refractivity contribution in [3.8, 4) is 0 Å². The van der Waals surface area contributed by atoms with Gasteiger partial charge in [0.05, 0.1) is 0 Å². The molecule has 0 aromatic rings. The van der Waals surface area contributed by atoms with Crippen LogP contribution in [0.1, 0.15) is 32.6 Å². The summed E-state index contributed by atoms with van der Waals surface area (Å²) in [7, 11) is 4.22. The summed E-state index contributed by atoms with van der Waals surface area (Å²) in [5, 5.41) is 3.02. The fourth-order valence-corrected chi connectivity index (χ4v) is 2.47. The van der Waals surface area contributed by atoms with Crippen LogP contribution in [-0.2, 0) is 0 Å². The molecule has 1 rings (SSSR count). The zero-order valence-electron chi connectivity index (χ0n) is 13.5. The van der Waals surface area contributed by atoms with E-state index in [2.05, 4.69) is 36.1 Å². The number of urea groups is 1. The van der Waals surface area contributed by atoms with Crippen molar-refractivity contribution in [1.82, 2.24) is 20.0 Å². The summed E-state index contributed by atoms with van der Waals surface area (Å²) in [6.45, 7) is 9.02. The Labute approximate surface area is 124 Å². The van der Waals surface area contributed by atoms with Crippen molar-refractivity contribution in [1.29, 1.82) is 0 Å². The monoisotopic (exact) mass is 284 g/mol. The number of hydrogen-bond donors (Lipinski definition) is 1. The van der Waals surface area contributed by atoms with Gasteiger partial charge in [-0.15, -0.1) is 0 Å². The number of nitrogens with zero attached hydrogens (tertiary/aromatic N) is 3. The number of unbranched alkanes of at least 4 members (excludes halogenated alkanes) is 2. The lowest BCUT2D eigenvalue weighted by atomic mass is 10.2. The molecule has 5 heteroatoms. The third-order valence-corrected chi connectivity index (χ3v) is 3.80. The number of nitrogens with one attached hydrogen (secondary N) is 1. The predicted octanol–water partition coefficient (Wildman–Crippen LogP) is 1.46. The first kappa shape index (κ1) is 17.2. The molecule has 0 atom stereocenters. The van der Waals surface area contributed by atoms with Crippen molar-refractivity contribution < 1.29 is 4.79 Å². The van der Waals surface area contributed by atoms with Crippen molar-refractivity contribution in [2.75, 3.05) is 59.9 Å². The minimum absolute atomic E-state index is 0.119. The molecular weight excluding hydrogens is 252 g/mol. The van der Waals surface area contributed by atoms with Gasteiger partial charge in [-0.25, -0.2) is 4.79 Å². The van der Waals surface area contributed by atoms with Crippen molar-refractivity contribution in [2.45, 2.75) is 32.6 Å². The normalized spacial score (nSPS) is 16.7. The summed E-state index contributed by atoms with van der Waals surface area (Å²) < 4.78 is 0. The van der Waals surface area contributed by atoms with Gasteiger partial charge in [0.15, 0.2) is 0 Å². The molecule has 118 valence electrons. The fraction of sp³-hybridized carbons (Fsp3) is 0.933. The molecule has 0 saturated carbocycles. The second-order valence-electron chi connectivity index (χ2n) is 5.92. The van der Waals surface area contributed by atoms with Crippen molar-refractivity contribution in [2.24, 2.45) is 0 Å². The van der Waals surface area contributed by atoms with Gasteiger partial charge in [-0.2, -0.15) is 0 Å². The number of piperazine rings is 1. The summed E-state index contributed by atoms with van der Waals surface area (Å²) in [5.41, 5.74) is 0. The Morgan fingerprint density at radius 2 is 1.80 bits per heavy atom. The van der Waals surface area contributed by atoms with Crippen LogP contribution in [0.4, 0.5) is 4.79 Å². The summed E-state index contributed by atoms with van der Waals surface area (Å²) in [5.74, 6) is 0. The zero-order chi connectivity index (χ0) is 14.8. The Kier molecular flexibility index (Phi) is 8.62. The lowest BCUT2D eigenvalue weighted by Crippen LogP contribution is -2.52. The number of carbonyl (C=O) groups is 1. The van der Waals surface area contributed by atoms with E-state index in [1.165, 1.54) is 19.3 Å². The maximum Gasteiger partial charge on any atom is 0.317 e. The van der Waals surface area contributed by atoms with Gasteiger partial charge in [-0.3, -0.25) is 4.90 Å². The lowest BCUT2D eigenvalue weighted by molar-refractivity contribution is 0.136. The molecule has 0 spiro atoms. The molecule has 1 aliphatic heterocycles. The molecule has 0 bridgehead atoms. The average molecular weight is 284 g/mol. The van der Waals surface area contributed by atoms with Crippen LogP contribution in [0.2, 0.25) is 0 Å². The molecule has 20 heavy (non-hydrogen) atoms. The maximum absolute atomic E-state index is 12.0. The van der Waals surface area contributed by atoms with Gasteiger partial charge in [0.1, 0.15) is 0 Å². The van der Waals surface area contributed by atoms with Crippen LogP contribution in [0.3, 0.4) is 0 Å². The maximum atomic E-state index is 12.0. The highest BCUT2D eigenvalue weighted by Crippen LogP contribution is 2.03. The van der Waals surface area contributed by atoms with Crippen LogP contribution in [0, 0.1) is 0 Å². The number of carbonyl (C=O) groups excluding carboxylic acids is 1. The highest BCUT2D eigenvalue weighted by atomic mass is 16.2. The second kappa shape index (κ2) is 10.00. The molecule has 0 aromatic carbocycles. The first-order valence-corrected chi connectivity index (χ1v) is 8.03. The van der Waals surface area contributed by atoms with E-state index in [1.807, 2.05) is 4.90 Å².